The molecule has 0 unspecified atom stereocenters. The second-order valence-electron chi connectivity index (χ2n) is 9.16. The molecule has 2 aromatic rings. The Hall–Kier alpha value is -3.55. The summed E-state index contributed by atoms with van der Waals surface area (Å²) in [6.45, 7) is 3.40. The van der Waals surface area contributed by atoms with Gasteiger partial charge in [-0.15, -0.1) is 0 Å². The molecule has 1 N–H and O–H groups in total. The van der Waals surface area contributed by atoms with E-state index >= 15 is 0 Å². The molecule has 0 bridgehead atoms. The van der Waals surface area contributed by atoms with E-state index in [0.717, 1.165) is 23.4 Å². The molecule has 2 heterocycles. The standard InChI is InChI=1S/C26H33N5O3/c1-4-20-10-8-9-13-22(20)27-25(34)29-16-14-26(15-17-29)24(33)30(18-23(32)28(2)3)19-31(26)21-11-6-5-7-12-21/h5-13H,4,14-19H2,1-3H3,(H,27,34). The molecule has 2 fully saturated rings. The first-order chi connectivity index (χ1) is 16.4. The third kappa shape index (κ3) is 4.44. The number of likely N-dealkylation sites (N-methyl/N-ethyl adjacent to an activating group) is 1. The van der Waals surface area contributed by atoms with Gasteiger partial charge in [-0.3, -0.25) is 9.59 Å². The number of anilines is 2. The van der Waals surface area contributed by atoms with Gasteiger partial charge in [-0.2, -0.15) is 0 Å². The lowest BCUT2D eigenvalue weighted by Gasteiger charge is -2.43. The van der Waals surface area contributed by atoms with Crippen molar-refractivity contribution in [1.29, 1.82) is 0 Å². The number of piperidine rings is 1. The molecule has 0 aromatic heterocycles. The topological polar surface area (TPSA) is 76.2 Å². The van der Waals surface area contributed by atoms with Gasteiger partial charge in [-0.1, -0.05) is 43.3 Å². The van der Waals surface area contributed by atoms with Crippen LogP contribution in [0.1, 0.15) is 25.3 Å². The van der Waals surface area contributed by atoms with Crippen molar-refractivity contribution in [1.82, 2.24) is 14.7 Å². The summed E-state index contributed by atoms with van der Waals surface area (Å²) in [7, 11) is 3.39. The molecule has 0 atom stereocenters. The van der Waals surface area contributed by atoms with Crippen LogP contribution in [0, 0.1) is 0 Å². The second-order valence-corrected chi connectivity index (χ2v) is 9.16. The van der Waals surface area contributed by atoms with Crippen molar-refractivity contribution in [2.45, 2.75) is 31.7 Å². The van der Waals surface area contributed by atoms with Gasteiger partial charge in [0, 0.05) is 38.6 Å². The summed E-state index contributed by atoms with van der Waals surface area (Å²) < 4.78 is 0. The molecule has 2 aromatic carbocycles. The van der Waals surface area contributed by atoms with Crippen LogP contribution in [0.3, 0.4) is 0 Å². The predicted molar refractivity (Wildman–Crippen MR) is 133 cm³/mol. The van der Waals surface area contributed by atoms with E-state index in [1.54, 1.807) is 23.9 Å². The van der Waals surface area contributed by atoms with Crippen LogP contribution in [-0.4, -0.2) is 78.5 Å². The van der Waals surface area contributed by atoms with Crippen LogP contribution in [-0.2, 0) is 16.0 Å². The first kappa shape index (κ1) is 23.6. The number of para-hydroxylation sites is 2. The molecule has 2 saturated heterocycles. The van der Waals surface area contributed by atoms with Crippen LogP contribution in [0.15, 0.2) is 54.6 Å². The average molecular weight is 464 g/mol. The van der Waals surface area contributed by atoms with Crippen LogP contribution in [0.25, 0.3) is 0 Å². The maximum absolute atomic E-state index is 13.7. The van der Waals surface area contributed by atoms with E-state index in [0.29, 0.717) is 32.6 Å². The number of urea groups is 1. The molecule has 2 aliphatic rings. The molecule has 4 rings (SSSR count). The number of nitrogens with one attached hydrogen (secondary N) is 1. The van der Waals surface area contributed by atoms with Gasteiger partial charge in [0.2, 0.25) is 5.91 Å². The van der Waals surface area contributed by atoms with E-state index in [2.05, 4.69) is 17.1 Å². The minimum Gasteiger partial charge on any atom is -0.347 e. The highest BCUT2D eigenvalue weighted by atomic mass is 16.2. The molecule has 4 amide bonds. The number of rotatable bonds is 5. The van der Waals surface area contributed by atoms with Gasteiger partial charge in [0.15, 0.2) is 0 Å². The molecular weight excluding hydrogens is 430 g/mol. The van der Waals surface area contributed by atoms with E-state index in [-0.39, 0.29) is 24.4 Å². The molecule has 0 radical (unpaired) electrons. The van der Waals surface area contributed by atoms with Crippen LogP contribution < -0.4 is 10.2 Å². The van der Waals surface area contributed by atoms with E-state index in [4.69, 9.17) is 0 Å². The summed E-state index contributed by atoms with van der Waals surface area (Å²) in [6, 6.07) is 17.5. The fourth-order valence-electron chi connectivity index (χ4n) is 4.85. The summed E-state index contributed by atoms with van der Waals surface area (Å²) in [6.07, 6.45) is 1.86. The Bertz CT molecular complexity index is 1050. The molecule has 34 heavy (non-hydrogen) atoms. The zero-order valence-electron chi connectivity index (χ0n) is 20.2. The number of benzene rings is 2. The SMILES string of the molecule is CCc1ccccc1NC(=O)N1CCC2(CC1)C(=O)N(CC(=O)N(C)C)CN2c1ccccc1. The van der Waals surface area contributed by atoms with Crippen molar-refractivity contribution in [3.05, 3.63) is 60.2 Å². The molecule has 1 spiro atoms. The van der Waals surface area contributed by atoms with Crippen LogP contribution in [0.4, 0.5) is 16.2 Å². The monoisotopic (exact) mass is 463 g/mol. The zero-order chi connectivity index (χ0) is 24.3. The third-order valence-corrected chi connectivity index (χ3v) is 6.92. The van der Waals surface area contributed by atoms with Crippen LogP contribution in [0.5, 0.6) is 0 Å². The van der Waals surface area contributed by atoms with Gasteiger partial charge in [-0.25, -0.2) is 4.79 Å². The number of amides is 4. The van der Waals surface area contributed by atoms with E-state index < -0.39 is 5.54 Å². The fourth-order valence-corrected chi connectivity index (χ4v) is 4.85. The maximum Gasteiger partial charge on any atom is 0.321 e. The number of carbonyl (C=O) groups is 3. The van der Waals surface area contributed by atoms with Crippen molar-refractivity contribution in [3.8, 4) is 0 Å². The number of hydrogen-bond acceptors (Lipinski definition) is 4. The molecule has 0 saturated carbocycles. The number of likely N-dealkylation sites (tertiary alicyclic amines) is 1. The van der Waals surface area contributed by atoms with Crippen molar-refractivity contribution in [2.24, 2.45) is 0 Å². The molecule has 8 nitrogen and oxygen atoms in total. The van der Waals surface area contributed by atoms with Gasteiger partial charge in [0.05, 0.1) is 6.67 Å². The van der Waals surface area contributed by atoms with E-state index in [1.807, 2.05) is 54.6 Å². The lowest BCUT2D eigenvalue weighted by Crippen LogP contribution is -2.58. The normalized spacial score (nSPS) is 17.3. The summed E-state index contributed by atoms with van der Waals surface area (Å²) in [5.74, 6) is -0.146. The number of carbonyl (C=O) groups excluding carboxylic acids is 3. The van der Waals surface area contributed by atoms with Gasteiger partial charge in [0.1, 0.15) is 12.1 Å². The Kier molecular flexibility index (Phi) is 6.77. The molecule has 2 aliphatic heterocycles. The largest absolute Gasteiger partial charge is 0.347 e. The summed E-state index contributed by atoms with van der Waals surface area (Å²) in [4.78, 5) is 46.1. The lowest BCUT2D eigenvalue weighted by molar-refractivity contribution is -0.139. The minimum atomic E-state index is -0.758. The van der Waals surface area contributed by atoms with Gasteiger partial charge in [-0.05, 0) is 43.0 Å². The highest BCUT2D eigenvalue weighted by Gasteiger charge is 2.54. The number of aryl methyl sites for hydroxylation is 1. The first-order valence-corrected chi connectivity index (χ1v) is 11.8. The first-order valence-electron chi connectivity index (χ1n) is 11.8. The predicted octanol–water partition coefficient (Wildman–Crippen LogP) is 3.01. The van der Waals surface area contributed by atoms with Gasteiger partial charge in [0.25, 0.3) is 5.91 Å². The summed E-state index contributed by atoms with van der Waals surface area (Å²) >= 11 is 0. The molecule has 0 aliphatic carbocycles. The number of nitrogens with zero attached hydrogens (tertiary/aromatic N) is 4. The van der Waals surface area contributed by atoms with Crippen molar-refractivity contribution in [2.75, 3.05) is 50.6 Å². The third-order valence-electron chi connectivity index (χ3n) is 6.92. The zero-order valence-corrected chi connectivity index (χ0v) is 20.2. The van der Waals surface area contributed by atoms with Crippen molar-refractivity contribution >= 4 is 29.2 Å². The second kappa shape index (κ2) is 9.75. The van der Waals surface area contributed by atoms with Crippen LogP contribution in [0.2, 0.25) is 0 Å². The van der Waals surface area contributed by atoms with Crippen LogP contribution >= 0.6 is 0 Å². The maximum atomic E-state index is 13.7. The van der Waals surface area contributed by atoms with Gasteiger partial charge < -0.3 is 24.9 Å². The minimum absolute atomic E-state index is 0.0389. The number of hydrogen-bond donors (Lipinski definition) is 1. The average Bonchev–Trinajstić information content (AvgIpc) is 3.11. The molecule has 8 heteroatoms. The summed E-state index contributed by atoms with van der Waals surface area (Å²) in [5.41, 5.74) is 2.11. The Morgan fingerprint density at radius 2 is 1.65 bits per heavy atom. The van der Waals surface area contributed by atoms with Gasteiger partial charge >= 0.3 is 6.03 Å². The molecule has 180 valence electrons. The van der Waals surface area contributed by atoms with Crippen molar-refractivity contribution < 1.29 is 14.4 Å². The highest BCUT2D eigenvalue weighted by Crippen LogP contribution is 2.39. The van der Waals surface area contributed by atoms with E-state index in [1.165, 1.54) is 4.90 Å². The molecular formula is C26H33N5O3. The summed E-state index contributed by atoms with van der Waals surface area (Å²) in [5, 5.41) is 3.04. The Morgan fingerprint density at radius 3 is 2.29 bits per heavy atom. The lowest BCUT2D eigenvalue weighted by atomic mass is 9.85. The van der Waals surface area contributed by atoms with Crippen molar-refractivity contribution in [3.63, 3.8) is 0 Å². The Labute approximate surface area is 201 Å². The smallest absolute Gasteiger partial charge is 0.321 e. The fraction of sp³-hybridized carbons (Fsp3) is 0.423. The Balaban J connectivity index is 1.52. The Morgan fingerprint density at radius 1 is 1.00 bits per heavy atom. The van der Waals surface area contributed by atoms with E-state index in [9.17, 15) is 14.4 Å². The quantitative estimate of drug-likeness (QED) is 0.740. The highest BCUT2D eigenvalue weighted by molar-refractivity contribution is 5.97.